The molecule has 6 heteroatoms. The molecule has 3 rings (SSSR count). The quantitative estimate of drug-likeness (QED) is 0.609. The van der Waals surface area contributed by atoms with Crippen LogP contribution in [0.3, 0.4) is 0 Å². The third-order valence-electron chi connectivity index (χ3n) is 6.38. The highest BCUT2D eigenvalue weighted by Gasteiger charge is 2.34. The van der Waals surface area contributed by atoms with Crippen molar-refractivity contribution in [2.75, 3.05) is 20.8 Å². The Balaban J connectivity index is 1.69. The minimum Gasteiger partial charge on any atom is -0.493 e. The molecule has 1 saturated heterocycles. The first-order chi connectivity index (χ1) is 15.9. The minimum atomic E-state index is -0.542. The zero-order valence-corrected chi connectivity index (χ0v) is 20.2. The van der Waals surface area contributed by atoms with Gasteiger partial charge in [0.15, 0.2) is 11.5 Å². The van der Waals surface area contributed by atoms with Crippen molar-refractivity contribution in [1.29, 1.82) is 0 Å². The summed E-state index contributed by atoms with van der Waals surface area (Å²) in [7, 11) is 3.27. The number of ether oxygens (including phenoxy) is 2. The van der Waals surface area contributed by atoms with Gasteiger partial charge in [-0.1, -0.05) is 38.1 Å². The van der Waals surface area contributed by atoms with Gasteiger partial charge in [-0.3, -0.25) is 9.59 Å². The molecule has 2 amide bonds. The van der Waals surface area contributed by atoms with Gasteiger partial charge in [-0.15, -0.1) is 0 Å². The average Bonchev–Trinajstić information content (AvgIpc) is 2.85. The molecule has 1 aliphatic heterocycles. The number of rotatable bonds is 9. The maximum Gasteiger partial charge on any atom is 0.251 e. The number of hydrogen-bond donors (Lipinski definition) is 1. The summed E-state index contributed by atoms with van der Waals surface area (Å²) in [6, 6.07) is 14.7. The number of carbonyl (C=O) groups excluding carboxylic acids is 2. The number of nitrogens with zero attached hydrogens (tertiary/aromatic N) is 1. The van der Waals surface area contributed by atoms with Crippen LogP contribution in [0, 0.1) is 5.92 Å². The van der Waals surface area contributed by atoms with E-state index in [0.29, 0.717) is 11.3 Å². The van der Waals surface area contributed by atoms with Gasteiger partial charge in [-0.05, 0) is 67.9 Å². The predicted molar refractivity (Wildman–Crippen MR) is 130 cm³/mol. The summed E-state index contributed by atoms with van der Waals surface area (Å²) in [5.41, 5.74) is 1.73. The van der Waals surface area contributed by atoms with Gasteiger partial charge < -0.3 is 19.7 Å². The van der Waals surface area contributed by atoms with Gasteiger partial charge in [0.05, 0.1) is 14.2 Å². The highest BCUT2D eigenvalue weighted by molar-refractivity contribution is 5.97. The standard InChI is InChI=1S/C27H36N2O4/c1-19(2)25(28-26(30)21-10-6-5-7-11-21)27(31)29-17-9-8-12-22(29)15-13-20-14-16-23(32-3)24(18-20)33-4/h5-7,10-11,14,16,18-19,22,25H,8-9,12-13,15,17H2,1-4H3,(H,28,30). The Hall–Kier alpha value is -3.02. The van der Waals surface area contributed by atoms with Gasteiger partial charge in [-0.25, -0.2) is 0 Å². The first-order valence-electron chi connectivity index (χ1n) is 11.8. The van der Waals surface area contributed by atoms with E-state index in [0.717, 1.165) is 50.0 Å². The number of likely N-dealkylation sites (tertiary alicyclic amines) is 1. The number of aryl methyl sites for hydroxylation is 1. The molecule has 0 bridgehead atoms. The predicted octanol–water partition coefficient (Wildman–Crippen LogP) is 4.47. The van der Waals surface area contributed by atoms with E-state index < -0.39 is 6.04 Å². The van der Waals surface area contributed by atoms with Crippen molar-refractivity contribution in [3.63, 3.8) is 0 Å². The van der Waals surface area contributed by atoms with Crippen molar-refractivity contribution in [3.05, 3.63) is 59.7 Å². The molecule has 2 atom stereocenters. The SMILES string of the molecule is COc1ccc(CCC2CCCCN2C(=O)C(NC(=O)c2ccccc2)C(C)C)cc1OC. The van der Waals surface area contributed by atoms with E-state index in [1.807, 2.05) is 55.1 Å². The summed E-state index contributed by atoms with van der Waals surface area (Å²) in [5, 5.41) is 2.99. The Labute approximate surface area is 197 Å². The first-order valence-corrected chi connectivity index (χ1v) is 11.8. The second-order valence-corrected chi connectivity index (χ2v) is 8.97. The van der Waals surface area contributed by atoms with Gasteiger partial charge >= 0.3 is 0 Å². The van der Waals surface area contributed by atoms with E-state index in [2.05, 4.69) is 5.32 Å². The summed E-state index contributed by atoms with van der Waals surface area (Å²) in [6.07, 6.45) is 4.81. The molecule has 2 aromatic carbocycles. The number of carbonyl (C=O) groups is 2. The number of piperidine rings is 1. The molecule has 2 unspecified atom stereocenters. The van der Waals surface area contributed by atoms with Crippen LogP contribution in [0.2, 0.25) is 0 Å². The van der Waals surface area contributed by atoms with Crippen LogP contribution in [0.25, 0.3) is 0 Å². The molecule has 1 fully saturated rings. The number of nitrogens with one attached hydrogen (secondary N) is 1. The van der Waals surface area contributed by atoms with Gasteiger partial charge in [0, 0.05) is 18.2 Å². The molecule has 0 radical (unpaired) electrons. The van der Waals surface area contributed by atoms with Crippen LogP contribution in [-0.4, -0.2) is 49.6 Å². The summed E-state index contributed by atoms with van der Waals surface area (Å²) in [5.74, 6) is 1.24. The molecule has 0 spiro atoms. The molecular weight excluding hydrogens is 416 g/mol. The van der Waals surface area contributed by atoms with Crippen molar-refractivity contribution in [1.82, 2.24) is 10.2 Å². The van der Waals surface area contributed by atoms with Crippen LogP contribution in [0.15, 0.2) is 48.5 Å². The molecule has 1 aliphatic rings. The number of amides is 2. The lowest BCUT2D eigenvalue weighted by atomic mass is 9.93. The zero-order valence-electron chi connectivity index (χ0n) is 20.2. The molecule has 1 N–H and O–H groups in total. The molecule has 0 aromatic heterocycles. The van der Waals surface area contributed by atoms with E-state index in [1.165, 1.54) is 0 Å². The van der Waals surface area contributed by atoms with E-state index in [1.54, 1.807) is 26.4 Å². The highest BCUT2D eigenvalue weighted by Crippen LogP contribution is 2.29. The fraction of sp³-hybridized carbons (Fsp3) is 0.481. The average molecular weight is 453 g/mol. The lowest BCUT2D eigenvalue weighted by Gasteiger charge is -2.39. The second-order valence-electron chi connectivity index (χ2n) is 8.97. The van der Waals surface area contributed by atoms with Gasteiger partial charge in [0.25, 0.3) is 5.91 Å². The van der Waals surface area contributed by atoms with Crippen LogP contribution in [0.1, 0.15) is 55.5 Å². The Morgan fingerprint density at radius 1 is 1.03 bits per heavy atom. The molecule has 1 heterocycles. The third kappa shape index (κ3) is 6.28. The highest BCUT2D eigenvalue weighted by atomic mass is 16.5. The van der Waals surface area contributed by atoms with Gasteiger partial charge in [-0.2, -0.15) is 0 Å². The molecule has 0 saturated carbocycles. The van der Waals surface area contributed by atoms with Gasteiger partial charge in [0.1, 0.15) is 6.04 Å². The summed E-state index contributed by atoms with van der Waals surface area (Å²) < 4.78 is 10.8. The van der Waals surface area contributed by atoms with Crippen molar-refractivity contribution in [2.45, 2.75) is 58.0 Å². The zero-order chi connectivity index (χ0) is 23.8. The van der Waals surface area contributed by atoms with Crippen molar-refractivity contribution in [2.24, 2.45) is 5.92 Å². The lowest BCUT2D eigenvalue weighted by molar-refractivity contribution is -0.138. The van der Waals surface area contributed by atoms with Crippen molar-refractivity contribution < 1.29 is 19.1 Å². The summed E-state index contributed by atoms with van der Waals surface area (Å²) in [4.78, 5) is 28.3. The van der Waals surface area contributed by atoms with E-state index in [4.69, 9.17) is 9.47 Å². The summed E-state index contributed by atoms with van der Waals surface area (Å²) >= 11 is 0. The fourth-order valence-corrected chi connectivity index (χ4v) is 4.47. The largest absolute Gasteiger partial charge is 0.493 e. The number of methoxy groups -OCH3 is 2. The number of benzene rings is 2. The van der Waals surface area contributed by atoms with Crippen LogP contribution in [0.4, 0.5) is 0 Å². The molecule has 33 heavy (non-hydrogen) atoms. The maximum atomic E-state index is 13.6. The van der Waals surface area contributed by atoms with E-state index >= 15 is 0 Å². The number of hydrogen-bond acceptors (Lipinski definition) is 4. The van der Waals surface area contributed by atoms with Crippen LogP contribution >= 0.6 is 0 Å². The molecule has 2 aromatic rings. The van der Waals surface area contributed by atoms with Gasteiger partial charge in [0.2, 0.25) is 5.91 Å². The minimum absolute atomic E-state index is 0.00131. The first kappa shape index (κ1) is 24.6. The third-order valence-corrected chi connectivity index (χ3v) is 6.38. The van der Waals surface area contributed by atoms with E-state index in [9.17, 15) is 9.59 Å². The normalized spacial score (nSPS) is 16.9. The summed E-state index contributed by atoms with van der Waals surface area (Å²) in [6.45, 7) is 4.70. The maximum absolute atomic E-state index is 13.6. The Morgan fingerprint density at radius 2 is 1.76 bits per heavy atom. The molecular formula is C27H36N2O4. The lowest BCUT2D eigenvalue weighted by Crippen LogP contribution is -2.55. The molecule has 6 nitrogen and oxygen atoms in total. The monoisotopic (exact) mass is 452 g/mol. The van der Waals surface area contributed by atoms with Crippen LogP contribution in [0.5, 0.6) is 11.5 Å². The van der Waals surface area contributed by atoms with Crippen molar-refractivity contribution >= 4 is 11.8 Å². The van der Waals surface area contributed by atoms with E-state index in [-0.39, 0.29) is 23.8 Å². The Bertz CT molecular complexity index is 929. The van der Waals surface area contributed by atoms with Crippen LogP contribution in [-0.2, 0) is 11.2 Å². The van der Waals surface area contributed by atoms with Crippen molar-refractivity contribution in [3.8, 4) is 11.5 Å². The van der Waals surface area contributed by atoms with Crippen LogP contribution < -0.4 is 14.8 Å². The topological polar surface area (TPSA) is 67.9 Å². The Kier molecular flexibility index (Phi) is 8.75. The molecule has 178 valence electrons. The fourth-order valence-electron chi connectivity index (χ4n) is 4.47. The Morgan fingerprint density at radius 3 is 2.42 bits per heavy atom. The second kappa shape index (κ2) is 11.7. The molecule has 0 aliphatic carbocycles. The smallest absolute Gasteiger partial charge is 0.251 e.